The second-order valence-electron chi connectivity index (χ2n) is 6.45. The van der Waals surface area contributed by atoms with E-state index in [1.165, 1.54) is 28.6 Å². The molecule has 0 saturated heterocycles. The molecule has 1 amide bonds. The molecule has 0 spiro atoms. The average Bonchev–Trinajstić information content (AvgIpc) is 2.97. The third kappa shape index (κ3) is 4.64. The number of hydrogen-bond donors (Lipinski definition) is 2. The number of fused-ring (bicyclic) bond motifs is 3. The van der Waals surface area contributed by atoms with Crippen molar-refractivity contribution in [3.8, 4) is 0 Å². The van der Waals surface area contributed by atoms with E-state index < -0.39 is 0 Å². The van der Waals surface area contributed by atoms with Gasteiger partial charge in [0, 0.05) is 11.4 Å². The summed E-state index contributed by atoms with van der Waals surface area (Å²) < 4.78 is 0. The number of carbonyl (C=O) groups excluding carboxylic acids is 1. The van der Waals surface area contributed by atoms with Crippen LogP contribution < -0.4 is 10.9 Å². The maximum atomic E-state index is 12.5. The zero-order valence-corrected chi connectivity index (χ0v) is 16.3. The first-order valence-corrected chi connectivity index (χ1v) is 11.0. The Bertz CT molecular complexity index is 797. The average molecular weight is 380 g/mol. The van der Waals surface area contributed by atoms with Gasteiger partial charge in [0.15, 0.2) is 0 Å². The summed E-state index contributed by atoms with van der Waals surface area (Å²) in [5.74, 6) is 1.67. The minimum atomic E-state index is -0.0241. The molecule has 0 aromatic carbocycles. The predicted molar refractivity (Wildman–Crippen MR) is 106 cm³/mol. The molecule has 2 N–H and O–H groups in total. The van der Waals surface area contributed by atoms with Gasteiger partial charge in [0.05, 0.1) is 16.9 Å². The lowest BCUT2D eigenvalue weighted by Gasteiger charge is -2.09. The van der Waals surface area contributed by atoms with Crippen molar-refractivity contribution in [3.05, 3.63) is 26.6 Å². The molecule has 2 heterocycles. The first kappa shape index (κ1) is 18.5. The minimum absolute atomic E-state index is 0.0241. The summed E-state index contributed by atoms with van der Waals surface area (Å²) in [6.45, 7) is 2.89. The zero-order valence-electron chi connectivity index (χ0n) is 14.7. The molecule has 25 heavy (non-hydrogen) atoms. The topological polar surface area (TPSA) is 74.8 Å². The number of thiophene rings is 1. The van der Waals surface area contributed by atoms with Gasteiger partial charge in [0.1, 0.15) is 10.7 Å². The second kappa shape index (κ2) is 8.85. The van der Waals surface area contributed by atoms with E-state index in [0.717, 1.165) is 55.3 Å². The van der Waals surface area contributed by atoms with Crippen molar-refractivity contribution in [2.75, 3.05) is 12.3 Å². The Morgan fingerprint density at radius 1 is 1.32 bits per heavy atom. The predicted octanol–water partition coefficient (Wildman–Crippen LogP) is 3.40. The van der Waals surface area contributed by atoms with Crippen molar-refractivity contribution in [1.29, 1.82) is 0 Å². The minimum Gasteiger partial charge on any atom is -0.355 e. The first-order chi connectivity index (χ1) is 12.2. The van der Waals surface area contributed by atoms with Crippen LogP contribution in [0, 0.1) is 0 Å². The van der Waals surface area contributed by atoms with Gasteiger partial charge in [-0.3, -0.25) is 9.59 Å². The second-order valence-corrected chi connectivity index (χ2v) is 8.52. The third-order valence-electron chi connectivity index (χ3n) is 4.45. The van der Waals surface area contributed by atoms with Crippen LogP contribution in [-0.2, 0) is 23.4 Å². The fourth-order valence-electron chi connectivity index (χ4n) is 3.17. The summed E-state index contributed by atoms with van der Waals surface area (Å²) in [6, 6.07) is 0. The molecule has 1 aliphatic rings. The summed E-state index contributed by atoms with van der Waals surface area (Å²) in [5.41, 5.74) is 1.19. The Labute approximate surface area is 156 Å². The molecule has 0 aliphatic heterocycles. The van der Waals surface area contributed by atoms with Crippen molar-refractivity contribution < 1.29 is 4.79 Å². The number of unbranched alkanes of at least 4 members (excludes halogenated alkanes) is 2. The number of carbonyl (C=O) groups is 1. The molecule has 5 nitrogen and oxygen atoms in total. The summed E-state index contributed by atoms with van der Waals surface area (Å²) in [6.07, 6.45) is 7.74. The highest BCUT2D eigenvalue weighted by Gasteiger charge is 2.19. The molecule has 0 bridgehead atoms. The fraction of sp³-hybridized carbons (Fsp3) is 0.611. The highest BCUT2D eigenvalue weighted by atomic mass is 32.2. The van der Waals surface area contributed by atoms with Crippen LogP contribution in [0.5, 0.6) is 0 Å². The van der Waals surface area contributed by atoms with Crippen molar-refractivity contribution >= 4 is 39.2 Å². The van der Waals surface area contributed by atoms with Gasteiger partial charge in [0.2, 0.25) is 5.91 Å². The maximum absolute atomic E-state index is 12.5. The van der Waals surface area contributed by atoms with Gasteiger partial charge in [-0.25, -0.2) is 4.98 Å². The summed E-state index contributed by atoms with van der Waals surface area (Å²) in [4.78, 5) is 34.0. The standard InChI is InChI=1S/C18H25N3O2S2/c1-2-3-6-9-19-15(22)11-24-10-14-20-17(23)16-12-7-4-5-8-13(12)25-18(16)21-14/h2-11H2,1H3,(H,19,22)(H,20,21,23). The van der Waals surface area contributed by atoms with E-state index in [-0.39, 0.29) is 11.5 Å². The van der Waals surface area contributed by atoms with Crippen molar-refractivity contribution in [3.63, 3.8) is 0 Å². The number of nitrogens with one attached hydrogen (secondary N) is 2. The number of thioether (sulfide) groups is 1. The zero-order chi connectivity index (χ0) is 17.6. The number of aryl methyl sites for hydroxylation is 2. The largest absolute Gasteiger partial charge is 0.355 e. The molecule has 136 valence electrons. The Hall–Kier alpha value is -1.34. The number of H-pyrrole nitrogens is 1. The quantitative estimate of drug-likeness (QED) is 0.689. The van der Waals surface area contributed by atoms with E-state index in [1.54, 1.807) is 11.3 Å². The number of amides is 1. The molecule has 2 aromatic heterocycles. The van der Waals surface area contributed by atoms with Crippen LogP contribution >= 0.6 is 23.1 Å². The monoisotopic (exact) mass is 379 g/mol. The summed E-state index contributed by atoms with van der Waals surface area (Å²) >= 11 is 3.15. The van der Waals surface area contributed by atoms with E-state index in [4.69, 9.17) is 0 Å². The fourth-order valence-corrected chi connectivity index (χ4v) is 5.17. The first-order valence-electron chi connectivity index (χ1n) is 9.07. The molecule has 0 radical (unpaired) electrons. The molecule has 0 unspecified atom stereocenters. The molecule has 7 heteroatoms. The van der Waals surface area contributed by atoms with Crippen LogP contribution in [0.2, 0.25) is 0 Å². The van der Waals surface area contributed by atoms with Gasteiger partial charge in [0.25, 0.3) is 5.56 Å². The van der Waals surface area contributed by atoms with Crippen LogP contribution in [0.1, 0.15) is 55.3 Å². The molecule has 0 fully saturated rings. The number of hydrogen-bond acceptors (Lipinski definition) is 5. The van der Waals surface area contributed by atoms with E-state index >= 15 is 0 Å². The Balaban J connectivity index is 1.57. The SMILES string of the molecule is CCCCCNC(=O)CSCc1nc2sc3c(c2c(=O)[nH]1)CCCC3. The highest BCUT2D eigenvalue weighted by Crippen LogP contribution is 2.33. The van der Waals surface area contributed by atoms with Crippen LogP contribution in [0.25, 0.3) is 10.2 Å². The molecular formula is C18H25N3O2S2. The molecule has 1 aliphatic carbocycles. The van der Waals surface area contributed by atoms with Crippen molar-refractivity contribution in [1.82, 2.24) is 15.3 Å². The smallest absolute Gasteiger partial charge is 0.259 e. The molecule has 3 rings (SSSR count). The molecular weight excluding hydrogens is 354 g/mol. The van der Waals surface area contributed by atoms with Gasteiger partial charge >= 0.3 is 0 Å². The number of aromatic nitrogens is 2. The van der Waals surface area contributed by atoms with Gasteiger partial charge in [-0.15, -0.1) is 23.1 Å². The van der Waals surface area contributed by atoms with Crippen molar-refractivity contribution in [2.45, 2.75) is 57.6 Å². The van der Waals surface area contributed by atoms with Crippen LogP contribution in [-0.4, -0.2) is 28.2 Å². The Kier molecular flexibility index (Phi) is 6.53. The van der Waals surface area contributed by atoms with Gasteiger partial charge in [-0.2, -0.15) is 0 Å². The van der Waals surface area contributed by atoms with Crippen LogP contribution in [0.4, 0.5) is 0 Å². The normalized spacial score (nSPS) is 13.8. The molecule has 2 aromatic rings. The number of aromatic amines is 1. The Morgan fingerprint density at radius 3 is 3.00 bits per heavy atom. The van der Waals surface area contributed by atoms with E-state index in [1.807, 2.05) is 0 Å². The molecule has 0 saturated carbocycles. The van der Waals surface area contributed by atoms with Gasteiger partial charge in [-0.05, 0) is 37.7 Å². The summed E-state index contributed by atoms with van der Waals surface area (Å²) in [7, 11) is 0. The van der Waals surface area contributed by atoms with Crippen LogP contribution in [0.15, 0.2) is 4.79 Å². The Morgan fingerprint density at radius 2 is 2.16 bits per heavy atom. The summed E-state index contributed by atoms with van der Waals surface area (Å²) in [5, 5.41) is 3.72. The van der Waals surface area contributed by atoms with Gasteiger partial charge in [-0.1, -0.05) is 19.8 Å². The van der Waals surface area contributed by atoms with Gasteiger partial charge < -0.3 is 10.3 Å². The third-order valence-corrected chi connectivity index (χ3v) is 6.58. The maximum Gasteiger partial charge on any atom is 0.259 e. The van der Waals surface area contributed by atoms with E-state index in [9.17, 15) is 9.59 Å². The number of nitrogens with zero attached hydrogens (tertiary/aromatic N) is 1. The lowest BCUT2D eigenvalue weighted by Crippen LogP contribution is -2.26. The lowest BCUT2D eigenvalue weighted by molar-refractivity contribution is -0.118. The van der Waals surface area contributed by atoms with E-state index in [2.05, 4.69) is 22.2 Å². The van der Waals surface area contributed by atoms with Crippen LogP contribution in [0.3, 0.4) is 0 Å². The van der Waals surface area contributed by atoms with Crippen molar-refractivity contribution in [2.24, 2.45) is 0 Å². The lowest BCUT2D eigenvalue weighted by atomic mass is 9.97. The van der Waals surface area contributed by atoms with E-state index in [0.29, 0.717) is 17.3 Å². The number of rotatable bonds is 8. The highest BCUT2D eigenvalue weighted by molar-refractivity contribution is 7.99. The molecule has 0 atom stereocenters.